The second-order valence-electron chi connectivity index (χ2n) is 12.5. The normalized spacial score (nSPS) is 11.1. The molecule has 0 atom stereocenters. The molecule has 3 aromatic heterocycles. The van der Waals surface area contributed by atoms with E-state index in [0.29, 0.717) is 11.1 Å². The summed E-state index contributed by atoms with van der Waals surface area (Å²) in [4.78, 5) is 9.13. The fourth-order valence-corrected chi connectivity index (χ4v) is 7.17. The van der Waals surface area contributed by atoms with Crippen molar-refractivity contribution in [1.82, 2.24) is 14.5 Å². The van der Waals surface area contributed by atoms with Crippen LogP contribution in [0.1, 0.15) is 11.1 Å². The van der Waals surface area contributed by atoms with E-state index in [1.807, 2.05) is 36.4 Å². The van der Waals surface area contributed by atoms with Crippen LogP contribution in [0.2, 0.25) is 0 Å². The third-order valence-corrected chi connectivity index (χ3v) is 9.53. The Morgan fingerprint density at radius 2 is 1.02 bits per heavy atom. The lowest BCUT2D eigenvalue weighted by Crippen LogP contribution is -1.94. The van der Waals surface area contributed by atoms with Crippen LogP contribution in [0.5, 0.6) is 0 Å². The van der Waals surface area contributed by atoms with Gasteiger partial charge in [0, 0.05) is 40.0 Å². The first-order valence-corrected chi connectivity index (χ1v) is 16.7. The SMILES string of the molecule is N#Cc1ccnc(-c2cccc(-c3ccc4c5c6ccccc6c(-c6cccc(-c7cc(C#N)ccn7)c6)cc5n(-c5ccccc5)c4c3)c2)c1. The van der Waals surface area contributed by atoms with E-state index in [-0.39, 0.29) is 0 Å². The summed E-state index contributed by atoms with van der Waals surface area (Å²) < 4.78 is 2.37. The quantitative estimate of drug-likeness (QED) is 0.186. The lowest BCUT2D eigenvalue weighted by molar-refractivity contribution is 1.18. The Labute approximate surface area is 294 Å². The number of para-hydroxylation sites is 1. The molecule has 0 saturated carbocycles. The zero-order valence-electron chi connectivity index (χ0n) is 27.3. The van der Waals surface area contributed by atoms with E-state index < -0.39 is 0 Å². The summed E-state index contributed by atoms with van der Waals surface area (Å²) in [5.74, 6) is 0. The maximum absolute atomic E-state index is 9.51. The minimum absolute atomic E-state index is 0.584. The Morgan fingerprint density at radius 3 is 1.71 bits per heavy atom. The van der Waals surface area contributed by atoms with Crippen LogP contribution < -0.4 is 0 Å². The summed E-state index contributed by atoms with van der Waals surface area (Å²) in [5.41, 5.74) is 12.3. The highest BCUT2D eigenvalue weighted by atomic mass is 15.0. The van der Waals surface area contributed by atoms with Crippen molar-refractivity contribution < 1.29 is 0 Å². The van der Waals surface area contributed by atoms with Crippen molar-refractivity contribution in [2.24, 2.45) is 0 Å². The first-order valence-electron chi connectivity index (χ1n) is 16.7. The van der Waals surface area contributed by atoms with Gasteiger partial charge in [-0.15, -0.1) is 0 Å². The molecule has 5 heteroatoms. The molecular weight excluding hydrogens is 623 g/mol. The van der Waals surface area contributed by atoms with E-state index >= 15 is 0 Å². The molecule has 6 aromatic carbocycles. The van der Waals surface area contributed by atoms with Gasteiger partial charge >= 0.3 is 0 Å². The van der Waals surface area contributed by atoms with Gasteiger partial charge < -0.3 is 4.57 Å². The monoisotopic (exact) mass is 649 g/mol. The first kappa shape index (κ1) is 29.8. The smallest absolute Gasteiger partial charge is 0.0992 e. The van der Waals surface area contributed by atoms with Gasteiger partial charge in [-0.25, -0.2) is 0 Å². The van der Waals surface area contributed by atoms with Crippen LogP contribution in [0.25, 0.3) is 83.0 Å². The number of hydrogen-bond acceptors (Lipinski definition) is 4. The van der Waals surface area contributed by atoms with Gasteiger partial charge in [-0.2, -0.15) is 10.5 Å². The number of benzene rings is 6. The van der Waals surface area contributed by atoms with Crippen molar-refractivity contribution in [3.8, 4) is 62.6 Å². The number of pyridine rings is 2. The number of rotatable bonds is 5. The molecule has 0 N–H and O–H groups in total. The van der Waals surface area contributed by atoms with Crippen molar-refractivity contribution in [2.75, 3.05) is 0 Å². The maximum atomic E-state index is 9.51. The number of nitrogens with zero attached hydrogens (tertiary/aromatic N) is 5. The summed E-state index contributed by atoms with van der Waals surface area (Å²) in [6, 6.07) is 56.5. The van der Waals surface area contributed by atoms with Gasteiger partial charge in [0.25, 0.3) is 0 Å². The van der Waals surface area contributed by atoms with E-state index in [4.69, 9.17) is 0 Å². The molecule has 0 bridgehead atoms. The first-order chi connectivity index (χ1) is 25.2. The van der Waals surface area contributed by atoms with E-state index in [1.54, 1.807) is 24.5 Å². The molecule has 0 aliphatic rings. The van der Waals surface area contributed by atoms with Gasteiger partial charge in [0.15, 0.2) is 0 Å². The third kappa shape index (κ3) is 5.18. The van der Waals surface area contributed by atoms with Gasteiger partial charge in [0.2, 0.25) is 0 Å². The highest BCUT2D eigenvalue weighted by Crippen LogP contribution is 2.43. The van der Waals surface area contributed by atoms with Crippen LogP contribution in [-0.4, -0.2) is 14.5 Å². The second-order valence-corrected chi connectivity index (χ2v) is 12.5. The molecule has 0 fully saturated rings. The summed E-state index contributed by atoms with van der Waals surface area (Å²) in [6.07, 6.45) is 3.37. The van der Waals surface area contributed by atoms with E-state index in [2.05, 4.69) is 130 Å². The summed E-state index contributed by atoms with van der Waals surface area (Å²) in [5, 5.41) is 23.7. The van der Waals surface area contributed by atoms with Gasteiger partial charge in [0.05, 0.1) is 45.7 Å². The molecule has 3 heterocycles. The Hall–Kier alpha value is -7.34. The van der Waals surface area contributed by atoms with Crippen LogP contribution in [0.4, 0.5) is 0 Å². The maximum Gasteiger partial charge on any atom is 0.0992 e. The van der Waals surface area contributed by atoms with Crippen LogP contribution in [0, 0.1) is 22.7 Å². The topological polar surface area (TPSA) is 78.3 Å². The number of fused-ring (bicyclic) bond motifs is 5. The van der Waals surface area contributed by atoms with E-state index in [1.165, 1.54) is 16.2 Å². The van der Waals surface area contributed by atoms with E-state index in [9.17, 15) is 10.5 Å². The van der Waals surface area contributed by atoms with Gasteiger partial charge in [0.1, 0.15) is 0 Å². The zero-order valence-corrected chi connectivity index (χ0v) is 27.3. The number of aromatic nitrogens is 3. The molecule has 0 amide bonds. The zero-order chi connectivity index (χ0) is 34.3. The summed E-state index contributed by atoms with van der Waals surface area (Å²) in [7, 11) is 0. The Balaban J connectivity index is 1.28. The molecule has 0 saturated heterocycles. The molecule has 236 valence electrons. The second kappa shape index (κ2) is 12.3. The highest BCUT2D eigenvalue weighted by molar-refractivity contribution is 6.24. The molecule has 0 aliphatic carbocycles. The Kier molecular flexibility index (Phi) is 7.17. The Bertz CT molecular complexity index is 2890. The predicted octanol–water partition coefficient (Wildman–Crippen LogP) is 11.1. The van der Waals surface area contributed by atoms with Crippen molar-refractivity contribution in [2.45, 2.75) is 0 Å². The minimum Gasteiger partial charge on any atom is -0.309 e. The fraction of sp³-hybridized carbons (Fsp3) is 0. The van der Waals surface area contributed by atoms with Crippen molar-refractivity contribution >= 4 is 32.6 Å². The summed E-state index contributed by atoms with van der Waals surface area (Å²) >= 11 is 0. The third-order valence-electron chi connectivity index (χ3n) is 9.53. The molecular formula is C46H27N5. The van der Waals surface area contributed by atoms with Crippen LogP contribution in [-0.2, 0) is 0 Å². The lowest BCUT2D eigenvalue weighted by Gasteiger charge is -2.13. The molecule has 0 aliphatic heterocycles. The summed E-state index contributed by atoms with van der Waals surface area (Å²) in [6.45, 7) is 0. The molecule has 0 spiro atoms. The Morgan fingerprint density at radius 1 is 0.431 bits per heavy atom. The minimum atomic E-state index is 0.584. The van der Waals surface area contributed by atoms with Crippen LogP contribution in [0.15, 0.2) is 164 Å². The largest absolute Gasteiger partial charge is 0.309 e. The molecule has 9 aromatic rings. The van der Waals surface area contributed by atoms with Crippen LogP contribution >= 0.6 is 0 Å². The van der Waals surface area contributed by atoms with Gasteiger partial charge in [-0.1, -0.05) is 91.0 Å². The molecule has 0 radical (unpaired) electrons. The molecule has 5 nitrogen and oxygen atoms in total. The average molecular weight is 650 g/mol. The van der Waals surface area contributed by atoms with E-state index in [0.717, 1.165) is 66.9 Å². The van der Waals surface area contributed by atoms with Crippen molar-refractivity contribution in [1.29, 1.82) is 10.5 Å². The fourth-order valence-electron chi connectivity index (χ4n) is 7.17. The van der Waals surface area contributed by atoms with Crippen molar-refractivity contribution in [3.63, 3.8) is 0 Å². The standard InChI is InChI=1S/C46H27N5/c47-28-30-18-20-49-42(22-30)35-10-6-8-32(24-35)33-16-17-40-44(26-33)51(37-12-2-1-3-13-37)45-27-41(38-14-4-5-15-39(38)46(40)45)34-9-7-11-36(25-34)43-23-31(29-48)19-21-50-43/h1-27H. The lowest BCUT2D eigenvalue weighted by atomic mass is 9.93. The molecule has 9 rings (SSSR count). The highest BCUT2D eigenvalue weighted by Gasteiger charge is 2.19. The van der Waals surface area contributed by atoms with Crippen LogP contribution in [0.3, 0.4) is 0 Å². The molecule has 51 heavy (non-hydrogen) atoms. The predicted molar refractivity (Wildman–Crippen MR) is 205 cm³/mol. The van der Waals surface area contributed by atoms with Gasteiger partial charge in [-0.05, 0) is 93.7 Å². The average Bonchev–Trinajstić information content (AvgIpc) is 3.54. The number of nitriles is 2. The van der Waals surface area contributed by atoms with Gasteiger partial charge in [-0.3, -0.25) is 9.97 Å². The molecule has 0 unspecified atom stereocenters. The number of hydrogen-bond donors (Lipinski definition) is 0. The van der Waals surface area contributed by atoms with Crippen molar-refractivity contribution in [3.05, 3.63) is 175 Å².